The van der Waals surface area contributed by atoms with E-state index in [1.165, 1.54) is 6.92 Å². The third kappa shape index (κ3) is 11.5. The molecule has 0 radical (unpaired) electrons. The van der Waals surface area contributed by atoms with E-state index in [0.717, 1.165) is 47.1 Å². The molecule has 0 amide bonds. The van der Waals surface area contributed by atoms with E-state index in [4.69, 9.17) is 28.4 Å². The summed E-state index contributed by atoms with van der Waals surface area (Å²) in [7, 11) is 0. The van der Waals surface area contributed by atoms with Crippen LogP contribution in [0.5, 0.6) is 0 Å². The van der Waals surface area contributed by atoms with Crippen molar-refractivity contribution in [3.8, 4) is 0 Å². The summed E-state index contributed by atoms with van der Waals surface area (Å²) in [5.41, 5.74) is 4.58. The summed E-state index contributed by atoms with van der Waals surface area (Å²) in [6.45, 7) is 25.3. The SMILES string of the molecule is C=C1C(CC=C(C)C(CC=C(C)C)OC2OC(C)C(OC3OC(C)C(OC4OC(C)C(O)C(O)C4O)C(O)C3O)C(O)C2C)C(C=C(C)C(O)CC=C(C)C)C(=O)C2(C)CCCC12. The van der Waals surface area contributed by atoms with Gasteiger partial charge in [0.1, 0.15) is 48.5 Å². The molecule has 3 heterocycles. The summed E-state index contributed by atoms with van der Waals surface area (Å²) < 4.78 is 36.6. The first kappa shape index (κ1) is 51.8. The Labute approximate surface area is 374 Å². The van der Waals surface area contributed by atoms with Gasteiger partial charge in [-0.2, -0.15) is 0 Å². The highest BCUT2D eigenvalue weighted by Gasteiger charge is 2.55. The standard InChI is InChI=1S/C49H78O14/c1-23(2)15-19-35(50)26(6)22-33-32(27(7)34-14-13-21-49(34,12)45(33)57)18-17-25(5)36(20-16-24(3)4)61-46-28(8)37(51)43(30(10)59-46)62-48-42(56)40(54)44(31(11)60-48)63-47-41(55)39(53)38(52)29(9)58-47/h15-17,22,28-44,46-48,50-56H,7,13-14,18-21H2,1-6,8-12H3. The number of carbonyl (C=O) groups excluding carboxylic acids is 1. The van der Waals surface area contributed by atoms with E-state index in [0.29, 0.717) is 19.3 Å². The maximum Gasteiger partial charge on any atom is 0.187 e. The van der Waals surface area contributed by atoms with Gasteiger partial charge < -0.3 is 64.2 Å². The molecule has 2 aliphatic carbocycles. The quantitative estimate of drug-likeness (QED) is 0.111. The van der Waals surface area contributed by atoms with Crippen molar-refractivity contribution in [3.05, 3.63) is 58.7 Å². The lowest BCUT2D eigenvalue weighted by molar-refractivity contribution is -0.370. The van der Waals surface area contributed by atoms with Gasteiger partial charge in [-0.15, -0.1) is 0 Å². The van der Waals surface area contributed by atoms with Crippen molar-refractivity contribution >= 4 is 5.78 Å². The molecule has 5 aliphatic rings. The van der Waals surface area contributed by atoms with E-state index in [9.17, 15) is 40.5 Å². The third-order valence-electron chi connectivity index (χ3n) is 14.4. The van der Waals surface area contributed by atoms with Crippen LogP contribution in [0.3, 0.4) is 0 Å². The molecule has 14 heteroatoms. The van der Waals surface area contributed by atoms with E-state index in [1.54, 1.807) is 20.8 Å². The predicted molar refractivity (Wildman–Crippen MR) is 236 cm³/mol. The van der Waals surface area contributed by atoms with Crippen molar-refractivity contribution in [1.29, 1.82) is 0 Å². The molecule has 21 unspecified atom stereocenters. The topological polar surface area (TPSA) is 214 Å². The van der Waals surface area contributed by atoms with Crippen LogP contribution in [0.15, 0.2) is 58.7 Å². The van der Waals surface area contributed by atoms with Crippen molar-refractivity contribution in [3.63, 3.8) is 0 Å². The van der Waals surface area contributed by atoms with Crippen molar-refractivity contribution in [2.45, 2.75) is 213 Å². The second-order valence-electron chi connectivity index (χ2n) is 19.8. The van der Waals surface area contributed by atoms with Gasteiger partial charge in [0.25, 0.3) is 0 Å². The Morgan fingerprint density at radius 2 is 1.27 bits per heavy atom. The van der Waals surface area contributed by atoms with E-state index >= 15 is 0 Å². The zero-order chi connectivity index (χ0) is 46.8. The number of allylic oxidation sites excluding steroid dienone is 5. The molecule has 0 aromatic carbocycles. The number of hydrogen-bond acceptors (Lipinski definition) is 14. The molecular formula is C49H78O14. The van der Waals surface area contributed by atoms with Crippen LogP contribution in [-0.4, -0.2) is 140 Å². The molecule has 14 nitrogen and oxygen atoms in total. The van der Waals surface area contributed by atoms with Gasteiger partial charge in [-0.1, -0.05) is 67.9 Å². The predicted octanol–water partition coefficient (Wildman–Crippen LogP) is 4.71. The Kier molecular flexibility index (Phi) is 17.8. The van der Waals surface area contributed by atoms with Crippen molar-refractivity contribution in [2.75, 3.05) is 0 Å². The van der Waals surface area contributed by atoms with Crippen LogP contribution in [0.25, 0.3) is 0 Å². The number of fused-ring (bicyclic) bond motifs is 1. The fraction of sp³-hybridized carbons (Fsp3) is 0.776. The fourth-order valence-corrected chi connectivity index (χ4v) is 10.1. The van der Waals surface area contributed by atoms with Crippen LogP contribution in [0.4, 0.5) is 0 Å². The first-order chi connectivity index (χ1) is 29.5. The van der Waals surface area contributed by atoms with Crippen LogP contribution in [-0.2, 0) is 33.2 Å². The summed E-state index contributed by atoms with van der Waals surface area (Å²) >= 11 is 0. The van der Waals surface area contributed by atoms with Crippen molar-refractivity contribution < 1.29 is 69.0 Å². The zero-order valence-electron chi connectivity index (χ0n) is 39.3. The Morgan fingerprint density at radius 3 is 1.87 bits per heavy atom. The van der Waals surface area contributed by atoms with Gasteiger partial charge in [0, 0.05) is 17.3 Å². The van der Waals surface area contributed by atoms with Gasteiger partial charge in [0.15, 0.2) is 18.9 Å². The molecule has 5 fully saturated rings. The summed E-state index contributed by atoms with van der Waals surface area (Å²) in [6.07, 6.45) is -5.82. The van der Waals surface area contributed by atoms with Crippen LogP contribution < -0.4 is 0 Å². The van der Waals surface area contributed by atoms with Crippen molar-refractivity contribution in [1.82, 2.24) is 0 Å². The summed E-state index contributed by atoms with van der Waals surface area (Å²) in [5, 5.41) is 75.8. The smallest absolute Gasteiger partial charge is 0.187 e. The molecular weight excluding hydrogens is 813 g/mol. The zero-order valence-corrected chi connectivity index (χ0v) is 39.3. The number of ketones is 1. The monoisotopic (exact) mass is 891 g/mol. The minimum absolute atomic E-state index is 0.109. The molecule has 2 saturated carbocycles. The highest BCUT2D eigenvalue weighted by Crippen LogP contribution is 2.56. The first-order valence-corrected chi connectivity index (χ1v) is 23.0. The van der Waals surface area contributed by atoms with Crippen LogP contribution in [0, 0.1) is 29.1 Å². The van der Waals surface area contributed by atoms with Gasteiger partial charge in [-0.25, -0.2) is 0 Å². The highest BCUT2D eigenvalue weighted by molar-refractivity contribution is 5.91. The summed E-state index contributed by atoms with van der Waals surface area (Å²) in [5.74, 6) is -0.848. The second kappa shape index (κ2) is 21.6. The summed E-state index contributed by atoms with van der Waals surface area (Å²) in [6, 6.07) is 0. The maximum atomic E-state index is 14.4. The number of aliphatic hydroxyl groups excluding tert-OH is 7. The van der Waals surface area contributed by atoms with Gasteiger partial charge in [0.2, 0.25) is 0 Å². The van der Waals surface area contributed by atoms with E-state index in [1.807, 2.05) is 53.7 Å². The molecule has 3 aliphatic heterocycles. The molecule has 0 spiro atoms. The van der Waals surface area contributed by atoms with Crippen LogP contribution in [0.1, 0.15) is 115 Å². The number of hydrogen-bond donors (Lipinski definition) is 7. The van der Waals surface area contributed by atoms with Crippen molar-refractivity contribution in [2.24, 2.45) is 29.1 Å². The van der Waals surface area contributed by atoms with Gasteiger partial charge in [-0.05, 0) is 117 Å². The minimum atomic E-state index is -1.64. The molecule has 63 heavy (non-hydrogen) atoms. The highest BCUT2D eigenvalue weighted by atomic mass is 16.8. The van der Waals surface area contributed by atoms with Crippen LogP contribution in [0.2, 0.25) is 0 Å². The molecule has 0 aromatic rings. The van der Waals surface area contributed by atoms with Gasteiger partial charge in [0.05, 0.1) is 36.6 Å². The number of carbonyl (C=O) groups is 1. The van der Waals surface area contributed by atoms with E-state index < -0.39 is 115 Å². The first-order valence-electron chi connectivity index (χ1n) is 23.0. The lowest BCUT2D eigenvalue weighted by Crippen LogP contribution is -2.64. The summed E-state index contributed by atoms with van der Waals surface area (Å²) in [4.78, 5) is 14.4. The molecule has 358 valence electrons. The fourth-order valence-electron chi connectivity index (χ4n) is 10.1. The second-order valence-corrected chi connectivity index (χ2v) is 19.8. The van der Waals surface area contributed by atoms with Crippen LogP contribution >= 0.6 is 0 Å². The Hall–Kier alpha value is -2.15. The lowest BCUT2D eigenvalue weighted by atomic mass is 9.57. The lowest BCUT2D eigenvalue weighted by Gasteiger charge is -2.48. The molecule has 7 N–H and O–H groups in total. The normalized spacial score (nSPS) is 43.6. The molecule has 0 bridgehead atoms. The van der Waals surface area contributed by atoms with E-state index in [-0.39, 0.29) is 17.6 Å². The average Bonchev–Trinajstić information content (AvgIpc) is 3.64. The Morgan fingerprint density at radius 1 is 0.730 bits per heavy atom. The number of rotatable bonds is 15. The largest absolute Gasteiger partial charge is 0.390 e. The number of Topliss-reactive ketones (excluding diaryl/α,β-unsaturated/α-hetero) is 1. The molecule has 5 rings (SSSR count). The Bertz CT molecular complexity index is 1700. The van der Waals surface area contributed by atoms with E-state index in [2.05, 4.69) is 25.7 Å². The minimum Gasteiger partial charge on any atom is -0.390 e. The number of ether oxygens (including phenoxy) is 6. The Balaban J connectivity index is 1.28. The maximum absolute atomic E-state index is 14.4. The molecule has 3 saturated heterocycles. The molecule has 21 atom stereocenters. The van der Waals surface area contributed by atoms with Gasteiger partial charge >= 0.3 is 0 Å². The third-order valence-corrected chi connectivity index (χ3v) is 14.4. The molecule has 0 aromatic heterocycles. The van der Waals surface area contributed by atoms with Gasteiger partial charge in [-0.3, -0.25) is 4.79 Å². The average molecular weight is 891 g/mol. The number of aliphatic hydroxyl groups is 7.